The third-order valence-corrected chi connectivity index (χ3v) is 3.54. The van der Waals surface area contributed by atoms with Crippen LogP contribution in [-0.4, -0.2) is 24.2 Å². The molecule has 3 N–H and O–H groups in total. The zero-order valence-corrected chi connectivity index (χ0v) is 16.7. The summed E-state index contributed by atoms with van der Waals surface area (Å²) in [7, 11) is 0. The van der Waals surface area contributed by atoms with Gasteiger partial charge < -0.3 is 20.2 Å². The fraction of sp³-hybridized carbons (Fsp3) is 0.389. The fourth-order valence-corrected chi connectivity index (χ4v) is 2.13. The number of aliphatic imine (C=N–C) groups is 1. The summed E-state index contributed by atoms with van der Waals surface area (Å²) in [5, 5.41) is 16.8. The Morgan fingerprint density at radius 3 is 2.50 bits per heavy atom. The van der Waals surface area contributed by atoms with E-state index in [4.69, 9.17) is 4.42 Å². The molecule has 24 heavy (non-hydrogen) atoms. The van der Waals surface area contributed by atoms with Gasteiger partial charge in [-0.3, -0.25) is 0 Å². The average molecular weight is 443 g/mol. The first-order valence-electron chi connectivity index (χ1n) is 7.85. The summed E-state index contributed by atoms with van der Waals surface area (Å²) in [6.07, 6.45) is 1.56. The van der Waals surface area contributed by atoms with Crippen molar-refractivity contribution >= 4 is 29.9 Å². The number of halogens is 1. The highest BCUT2D eigenvalue weighted by atomic mass is 127. The number of rotatable bonds is 6. The Labute approximate surface area is 160 Å². The summed E-state index contributed by atoms with van der Waals surface area (Å²) >= 11 is 0. The van der Waals surface area contributed by atoms with Gasteiger partial charge in [0, 0.05) is 6.54 Å². The van der Waals surface area contributed by atoms with Crippen molar-refractivity contribution in [2.75, 3.05) is 13.1 Å². The minimum atomic E-state index is -1.09. The van der Waals surface area contributed by atoms with Gasteiger partial charge in [0.15, 0.2) is 5.96 Å². The Morgan fingerprint density at radius 1 is 1.21 bits per heavy atom. The van der Waals surface area contributed by atoms with Crippen LogP contribution >= 0.6 is 24.0 Å². The number of benzene rings is 1. The molecule has 0 aliphatic carbocycles. The number of guanidine groups is 1. The number of furan rings is 1. The minimum absolute atomic E-state index is 0. The van der Waals surface area contributed by atoms with Crippen LogP contribution in [-0.2, 0) is 12.1 Å². The van der Waals surface area contributed by atoms with Gasteiger partial charge in [0.05, 0.1) is 19.4 Å². The van der Waals surface area contributed by atoms with Gasteiger partial charge in [-0.25, -0.2) is 4.99 Å². The molecular formula is C18H26IN3O2. The summed E-state index contributed by atoms with van der Waals surface area (Å²) in [6, 6.07) is 11.8. The van der Waals surface area contributed by atoms with Crippen LogP contribution in [0.25, 0.3) is 0 Å². The van der Waals surface area contributed by atoms with E-state index in [0.717, 1.165) is 12.1 Å². The third kappa shape index (κ3) is 6.16. The molecule has 0 spiro atoms. The van der Waals surface area contributed by atoms with Crippen molar-refractivity contribution in [3.05, 3.63) is 59.5 Å². The second-order valence-electron chi connectivity index (χ2n) is 5.79. The van der Waals surface area contributed by atoms with Gasteiger partial charge in [0.2, 0.25) is 0 Å². The van der Waals surface area contributed by atoms with Crippen molar-refractivity contribution in [2.24, 2.45) is 4.99 Å². The molecule has 0 fully saturated rings. The maximum absolute atomic E-state index is 10.5. The van der Waals surface area contributed by atoms with Gasteiger partial charge >= 0.3 is 0 Å². The lowest BCUT2D eigenvalue weighted by atomic mass is 10.0. The molecule has 0 radical (unpaired) electrons. The van der Waals surface area contributed by atoms with E-state index >= 15 is 0 Å². The molecule has 2 aromatic rings. The SMILES string of the molecule is CCNC(=NCc1ccc(C)cc1)NCC(C)(O)c1ccco1.I. The van der Waals surface area contributed by atoms with Crippen molar-refractivity contribution in [1.29, 1.82) is 0 Å². The van der Waals surface area contributed by atoms with Crippen LogP contribution in [0.2, 0.25) is 0 Å². The molecule has 1 aromatic heterocycles. The number of hydrogen-bond donors (Lipinski definition) is 3. The molecule has 0 bridgehead atoms. The first-order chi connectivity index (χ1) is 11.0. The van der Waals surface area contributed by atoms with Crippen LogP contribution in [0.1, 0.15) is 30.7 Å². The van der Waals surface area contributed by atoms with Crippen molar-refractivity contribution < 1.29 is 9.52 Å². The van der Waals surface area contributed by atoms with E-state index in [9.17, 15) is 5.11 Å². The maximum atomic E-state index is 10.5. The highest BCUT2D eigenvalue weighted by Gasteiger charge is 2.26. The van der Waals surface area contributed by atoms with E-state index in [1.807, 2.05) is 6.92 Å². The Balaban J connectivity index is 0.00000288. The number of aliphatic hydroxyl groups is 1. The van der Waals surface area contributed by atoms with Crippen LogP contribution in [0, 0.1) is 6.92 Å². The number of hydrogen-bond acceptors (Lipinski definition) is 3. The quantitative estimate of drug-likeness (QED) is 0.365. The van der Waals surface area contributed by atoms with Gasteiger partial charge in [-0.15, -0.1) is 24.0 Å². The Morgan fingerprint density at radius 2 is 1.92 bits per heavy atom. The predicted molar refractivity (Wildman–Crippen MR) is 108 cm³/mol. The summed E-state index contributed by atoms with van der Waals surface area (Å²) < 4.78 is 5.28. The molecule has 0 saturated heterocycles. The highest BCUT2D eigenvalue weighted by molar-refractivity contribution is 14.0. The van der Waals surface area contributed by atoms with Crippen LogP contribution < -0.4 is 10.6 Å². The van der Waals surface area contributed by atoms with E-state index in [1.165, 1.54) is 5.56 Å². The largest absolute Gasteiger partial charge is 0.466 e. The molecule has 5 nitrogen and oxygen atoms in total. The van der Waals surface area contributed by atoms with Gasteiger partial charge in [0.1, 0.15) is 11.4 Å². The lowest BCUT2D eigenvalue weighted by Gasteiger charge is -2.22. The molecule has 1 heterocycles. The number of aryl methyl sites for hydroxylation is 1. The molecule has 6 heteroatoms. The smallest absolute Gasteiger partial charge is 0.191 e. The van der Waals surface area contributed by atoms with E-state index in [-0.39, 0.29) is 24.0 Å². The standard InChI is InChI=1S/C18H25N3O2.HI/c1-4-19-17(20-12-15-9-7-14(2)8-10-15)21-13-18(3,22)16-6-5-11-23-16;/h5-11,22H,4,12-13H2,1-3H3,(H2,19,20,21);1H. The first-order valence-corrected chi connectivity index (χ1v) is 7.85. The molecule has 0 saturated carbocycles. The van der Waals surface area contributed by atoms with Crippen molar-refractivity contribution in [3.8, 4) is 0 Å². The topological polar surface area (TPSA) is 69.8 Å². The van der Waals surface area contributed by atoms with Gasteiger partial charge in [-0.1, -0.05) is 29.8 Å². The van der Waals surface area contributed by atoms with Crippen molar-refractivity contribution in [2.45, 2.75) is 32.9 Å². The summed E-state index contributed by atoms with van der Waals surface area (Å²) in [5.74, 6) is 1.19. The molecule has 0 aliphatic rings. The van der Waals surface area contributed by atoms with E-state index < -0.39 is 5.60 Å². The average Bonchev–Trinajstić information content (AvgIpc) is 3.07. The molecular weight excluding hydrogens is 417 g/mol. The zero-order valence-electron chi connectivity index (χ0n) is 14.4. The monoisotopic (exact) mass is 443 g/mol. The molecule has 2 rings (SSSR count). The molecule has 132 valence electrons. The van der Waals surface area contributed by atoms with Crippen LogP contribution in [0.5, 0.6) is 0 Å². The van der Waals surface area contributed by atoms with Crippen LogP contribution in [0.3, 0.4) is 0 Å². The van der Waals surface area contributed by atoms with Gasteiger partial charge in [-0.05, 0) is 38.5 Å². The second kappa shape index (κ2) is 9.68. The predicted octanol–water partition coefficient (Wildman–Crippen LogP) is 3.17. The normalized spacial score (nSPS) is 13.8. The molecule has 1 atom stereocenters. The van der Waals surface area contributed by atoms with Gasteiger partial charge in [-0.2, -0.15) is 0 Å². The molecule has 0 amide bonds. The maximum Gasteiger partial charge on any atom is 0.191 e. The Kier molecular flexibility index (Phi) is 8.27. The molecule has 1 aromatic carbocycles. The Bertz CT molecular complexity index is 622. The summed E-state index contributed by atoms with van der Waals surface area (Å²) in [4.78, 5) is 4.55. The molecule has 0 aliphatic heterocycles. The molecule has 1 unspecified atom stereocenters. The highest BCUT2D eigenvalue weighted by Crippen LogP contribution is 2.19. The van der Waals surface area contributed by atoms with Crippen molar-refractivity contribution in [1.82, 2.24) is 10.6 Å². The van der Waals surface area contributed by atoms with Crippen LogP contribution in [0.15, 0.2) is 52.1 Å². The lowest BCUT2D eigenvalue weighted by molar-refractivity contribution is 0.0386. The van der Waals surface area contributed by atoms with E-state index in [2.05, 4.69) is 46.8 Å². The second-order valence-corrected chi connectivity index (χ2v) is 5.79. The number of nitrogens with zero attached hydrogens (tertiary/aromatic N) is 1. The summed E-state index contributed by atoms with van der Waals surface area (Å²) in [5.41, 5.74) is 1.28. The first kappa shape index (κ1) is 20.5. The minimum Gasteiger partial charge on any atom is -0.466 e. The number of nitrogens with one attached hydrogen (secondary N) is 2. The van der Waals surface area contributed by atoms with Crippen LogP contribution in [0.4, 0.5) is 0 Å². The summed E-state index contributed by atoms with van der Waals surface area (Å²) in [6.45, 7) is 7.42. The Hall–Kier alpha value is -1.54. The fourth-order valence-electron chi connectivity index (χ4n) is 2.13. The third-order valence-electron chi connectivity index (χ3n) is 3.54. The lowest BCUT2D eigenvalue weighted by Crippen LogP contribution is -2.44. The van der Waals surface area contributed by atoms with Gasteiger partial charge in [0.25, 0.3) is 0 Å². The van der Waals surface area contributed by atoms with E-state index in [1.54, 1.807) is 25.3 Å². The van der Waals surface area contributed by atoms with Crippen molar-refractivity contribution in [3.63, 3.8) is 0 Å². The zero-order chi connectivity index (χ0) is 16.7. The van der Waals surface area contributed by atoms with E-state index in [0.29, 0.717) is 24.8 Å².